The molecule has 0 aromatic carbocycles. The van der Waals surface area contributed by atoms with Crippen molar-refractivity contribution in [1.29, 1.82) is 0 Å². The molecule has 1 aliphatic heterocycles. The van der Waals surface area contributed by atoms with Gasteiger partial charge >= 0.3 is 0 Å². The van der Waals surface area contributed by atoms with Crippen LogP contribution in [-0.2, 0) is 4.74 Å². The van der Waals surface area contributed by atoms with Gasteiger partial charge in [0.1, 0.15) is 0 Å². The fourth-order valence-corrected chi connectivity index (χ4v) is 1.91. The van der Waals surface area contributed by atoms with Crippen molar-refractivity contribution in [3.05, 3.63) is 0 Å². The first-order valence-electron chi connectivity index (χ1n) is 4.88. The van der Waals surface area contributed by atoms with Crippen LogP contribution < -0.4 is 5.73 Å². The Hall–Kier alpha value is -0.120. The van der Waals surface area contributed by atoms with Crippen LogP contribution in [0.5, 0.6) is 0 Å². The first-order chi connectivity index (χ1) is 5.83. The molecule has 70 valence electrons. The third kappa shape index (κ3) is 1.49. The van der Waals surface area contributed by atoms with Gasteiger partial charge in [-0.15, -0.1) is 0 Å². The molecule has 0 amide bonds. The lowest BCUT2D eigenvalue weighted by Gasteiger charge is -2.41. The maximum atomic E-state index is 5.67. The van der Waals surface area contributed by atoms with Gasteiger partial charge in [0.2, 0.25) is 0 Å². The van der Waals surface area contributed by atoms with Crippen LogP contribution in [0, 0.1) is 0 Å². The summed E-state index contributed by atoms with van der Waals surface area (Å²) < 4.78 is 5.21. The highest BCUT2D eigenvalue weighted by Gasteiger charge is 2.39. The Morgan fingerprint density at radius 3 is 2.42 bits per heavy atom. The van der Waals surface area contributed by atoms with Crippen LogP contribution in [0.3, 0.4) is 0 Å². The molecule has 1 atom stereocenters. The summed E-state index contributed by atoms with van der Waals surface area (Å²) in [5, 5.41) is 0. The van der Waals surface area contributed by atoms with Gasteiger partial charge in [-0.2, -0.15) is 0 Å². The molecule has 1 saturated carbocycles. The molecule has 2 rings (SSSR count). The zero-order chi connectivity index (χ0) is 8.55. The molecule has 0 aromatic heterocycles. The fourth-order valence-electron chi connectivity index (χ4n) is 1.91. The van der Waals surface area contributed by atoms with E-state index in [4.69, 9.17) is 10.5 Å². The molecule has 0 bridgehead atoms. The fraction of sp³-hybridized carbons (Fsp3) is 1.00. The zero-order valence-corrected chi connectivity index (χ0v) is 7.70. The van der Waals surface area contributed by atoms with E-state index in [1.807, 2.05) is 0 Å². The van der Waals surface area contributed by atoms with Gasteiger partial charge in [-0.1, -0.05) is 0 Å². The van der Waals surface area contributed by atoms with Crippen molar-refractivity contribution < 1.29 is 4.74 Å². The molecule has 3 heteroatoms. The number of rotatable bonds is 4. The topological polar surface area (TPSA) is 38.5 Å². The molecule has 1 aliphatic carbocycles. The summed E-state index contributed by atoms with van der Waals surface area (Å²) in [5.41, 5.74) is 5.67. The third-order valence-electron chi connectivity index (χ3n) is 2.86. The van der Waals surface area contributed by atoms with E-state index in [0.717, 1.165) is 25.8 Å². The molecule has 0 aromatic rings. The minimum atomic E-state index is 0.534. The number of nitrogens with zero attached hydrogens (tertiary/aromatic N) is 1. The third-order valence-corrected chi connectivity index (χ3v) is 2.86. The monoisotopic (exact) mass is 170 g/mol. The maximum Gasteiger partial charge on any atom is 0.0645 e. The second kappa shape index (κ2) is 3.32. The Labute approximate surface area is 73.9 Å². The molecule has 0 spiro atoms. The van der Waals surface area contributed by atoms with Crippen molar-refractivity contribution in [2.45, 2.75) is 37.9 Å². The molecule has 2 fully saturated rings. The minimum Gasteiger partial charge on any atom is -0.378 e. The lowest BCUT2D eigenvalue weighted by atomic mass is 10.1. The first-order valence-corrected chi connectivity index (χ1v) is 4.88. The Balaban J connectivity index is 1.91. The predicted molar refractivity (Wildman–Crippen MR) is 48.0 cm³/mol. The normalized spacial score (nSPS) is 27.2. The Morgan fingerprint density at radius 2 is 2.08 bits per heavy atom. The molecule has 2 aliphatic rings. The van der Waals surface area contributed by atoms with Crippen LogP contribution in [0.25, 0.3) is 0 Å². The minimum absolute atomic E-state index is 0.534. The molecule has 1 saturated heterocycles. The molecular formula is C9H18N2O. The van der Waals surface area contributed by atoms with Gasteiger partial charge in [-0.25, -0.2) is 0 Å². The molecular weight excluding hydrogens is 152 g/mol. The first kappa shape index (κ1) is 8.48. The molecule has 12 heavy (non-hydrogen) atoms. The van der Waals surface area contributed by atoms with E-state index in [0.29, 0.717) is 12.1 Å². The van der Waals surface area contributed by atoms with Gasteiger partial charge in [0.05, 0.1) is 19.3 Å². The van der Waals surface area contributed by atoms with Gasteiger partial charge in [0, 0.05) is 18.6 Å². The van der Waals surface area contributed by atoms with E-state index < -0.39 is 0 Å². The lowest BCUT2D eigenvalue weighted by Crippen LogP contribution is -2.55. The summed E-state index contributed by atoms with van der Waals surface area (Å²) in [6.45, 7) is 4.82. The highest BCUT2D eigenvalue weighted by Crippen LogP contribution is 2.32. The van der Waals surface area contributed by atoms with Gasteiger partial charge in [0.15, 0.2) is 0 Å². The molecule has 3 nitrogen and oxygen atoms in total. The van der Waals surface area contributed by atoms with E-state index in [2.05, 4.69) is 11.8 Å². The second-order valence-electron chi connectivity index (χ2n) is 3.95. The predicted octanol–water partition coefficient (Wildman–Crippen LogP) is 0.197. The van der Waals surface area contributed by atoms with E-state index in [1.165, 1.54) is 12.8 Å². The Morgan fingerprint density at radius 1 is 1.42 bits per heavy atom. The van der Waals surface area contributed by atoms with Gasteiger partial charge < -0.3 is 10.5 Å². The van der Waals surface area contributed by atoms with E-state index in [-0.39, 0.29) is 0 Å². The lowest BCUT2D eigenvalue weighted by molar-refractivity contribution is -0.0795. The van der Waals surface area contributed by atoms with Gasteiger partial charge in [-0.3, -0.25) is 4.90 Å². The summed E-state index contributed by atoms with van der Waals surface area (Å²) in [6, 6.07) is 2.01. The van der Waals surface area contributed by atoms with E-state index in [9.17, 15) is 0 Å². The average Bonchev–Trinajstić information content (AvgIpc) is 2.77. The largest absolute Gasteiger partial charge is 0.378 e. The van der Waals surface area contributed by atoms with E-state index in [1.54, 1.807) is 0 Å². The standard InChI is InChI=1S/C9H18N2O/c1-7(4-10)11(8-2-3-8)9-5-12-6-9/h7-9H,2-6,10H2,1H3. The van der Waals surface area contributed by atoms with Crippen molar-refractivity contribution in [2.75, 3.05) is 19.8 Å². The molecule has 0 radical (unpaired) electrons. The highest BCUT2D eigenvalue weighted by atomic mass is 16.5. The number of hydrogen-bond acceptors (Lipinski definition) is 3. The zero-order valence-electron chi connectivity index (χ0n) is 7.70. The SMILES string of the molecule is CC(CN)N(C1CC1)C1COC1. The molecule has 1 unspecified atom stereocenters. The van der Waals surface area contributed by atoms with Crippen molar-refractivity contribution in [3.8, 4) is 0 Å². The smallest absolute Gasteiger partial charge is 0.0645 e. The average molecular weight is 170 g/mol. The summed E-state index contributed by atoms with van der Waals surface area (Å²) in [5.74, 6) is 0. The quantitative estimate of drug-likeness (QED) is 0.655. The molecule has 1 heterocycles. The second-order valence-corrected chi connectivity index (χ2v) is 3.95. The van der Waals surface area contributed by atoms with Crippen LogP contribution in [0.15, 0.2) is 0 Å². The summed E-state index contributed by atoms with van der Waals surface area (Å²) in [6.07, 6.45) is 2.72. The summed E-state index contributed by atoms with van der Waals surface area (Å²) >= 11 is 0. The van der Waals surface area contributed by atoms with Crippen molar-refractivity contribution in [1.82, 2.24) is 4.90 Å². The van der Waals surface area contributed by atoms with Crippen LogP contribution in [0.1, 0.15) is 19.8 Å². The highest BCUT2D eigenvalue weighted by molar-refractivity contribution is 4.93. The number of hydrogen-bond donors (Lipinski definition) is 1. The summed E-state index contributed by atoms with van der Waals surface area (Å²) in [4.78, 5) is 2.56. The van der Waals surface area contributed by atoms with Crippen LogP contribution in [0.4, 0.5) is 0 Å². The van der Waals surface area contributed by atoms with Crippen LogP contribution in [-0.4, -0.2) is 42.8 Å². The Kier molecular flexibility index (Phi) is 2.35. The van der Waals surface area contributed by atoms with E-state index >= 15 is 0 Å². The molecule has 2 N–H and O–H groups in total. The van der Waals surface area contributed by atoms with Crippen LogP contribution >= 0.6 is 0 Å². The van der Waals surface area contributed by atoms with Crippen molar-refractivity contribution in [3.63, 3.8) is 0 Å². The number of nitrogens with two attached hydrogens (primary N) is 1. The maximum absolute atomic E-state index is 5.67. The number of ether oxygens (including phenoxy) is 1. The van der Waals surface area contributed by atoms with Crippen molar-refractivity contribution >= 4 is 0 Å². The van der Waals surface area contributed by atoms with Gasteiger partial charge in [-0.05, 0) is 19.8 Å². The van der Waals surface area contributed by atoms with Gasteiger partial charge in [0.25, 0.3) is 0 Å². The Bertz CT molecular complexity index is 150. The summed E-state index contributed by atoms with van der Waals surface area (Å²) in [7, 11) is 0. The van der Waals surface area contributed by atoms with Crippen molar-refractivity contribution in [2.24, 2.45) is 5.73 Å². The van der Waals surface area contributed by atoms with Crippen LogP contribution in [0.2, 0.25) is 0 Å².